The van der Waals surface area contributed by atoms with Crippen molar-refractivity contribution in [2.75, 3.05) is 32.2 Å². The Labute approximate surface area is 179 Å². The summed E-state index contributed by atoms with van der Waals surface area (Å²) in [4.78, 5) is 12.6. The van der Waals surface area contributed by atoms with Crippen molar-refractivity contribution in [3.05, 3.63) is 30.4 Å². The minimum absolute atomic E-state index is 0.191. The molecular formula is C19H21F4N7O2. The number of ether oxygens (including phenoxy) is 1. The lowest BCUT2D eigenvalue weighted by molar-refractivity contribution is -0.118. The Hall–Kier alpha value is -3.06. The largest absolute Gasteiger partial charge is 0.495 e. The number of halogens is 4. The quantitative estimate of drug-likeness (QED) is 0.462. The Morgan fingerprint density at radius 2 is 2.19 bits per heavy atom. The Morgan fingerprint density at radius 1 is 1.38 bits per heavy atom. The molecule has 0 aromatic carbocycles. The fraction of sp³-hybridized carbons (Fsp3) is 0.474. The number of nitrogens with one attached hydrogen (secondary N) is 2. The molecule has 13 heteroatoms. The first-order valence-corrected chi connectivity index (χ1v) is 9.81. The molecule has 0 radical (unpaired) electrons. The Kier molecular flexibility index (Phi) is 6.11. The zero-order valence-corrected chi connectivity index (χ0v) is 17.0. The molecule has 3 aromatic rings. The van der Waals surface area contributed by atoms with Crippen LogP contribution < -0.4 is 15.4 Å². The van der Waals surface area contributed by atoms with Gasteiger partial charge in [-0.3, -0.25) is 4.98 Å². The number of hydrogen-bond acceptors (Lipinski definition) is 8. The summed E-state index contributed by atoms with van der Waals surface area (Å²) in [6.45, 7) is -0.764. The third-order valence-corrected chi connectivity index (χ3v) is 5.28. The molecule has 1 saturated heterocycles. The molecule has 3 N–H and O–H groups in total. The van der Waals surface area contributed by atoms with Crippen LogP contribution in [0.15, 0.2) is 24.7 Å². The lowest BCUT2D eigenvalue weighted by Gasteiger charge is -2.27. The smallest absolute Gasteiger partial charge is 0.275 e. The van der Waals surface area contributed by atoms with Gasteiger partial charge >= 0.3 is 0 Å². The van der Waals surface area contributed by atoms with E-state index in [0.717, 1.165) is 4.52 Å². The van der Waals surface area contributed by atoms with Gasteiger partial charge in [0.15, 0.2) is 5.65 Å². The van der Waals surface area contributed by atoms with Gasteiger partial charge in [0, 0.05) is 12.6 Å². The van der Waals surface area contributed by atoms with Crippen LogP contribution in [0.1, 0.15) is 12.1 Å². The predicted octanol–water partition coefficient (Wildman–Crippen LogP) is 1.73. The van der Waals surface area contributed by atoms with Crippen LogP contribution >= 0.6 is 0 Å². The Morgan fingerprint density at radius 3 is 2.88 bits per heavy atom. The van der Waals surface area contributed by atoms with Gasteiger partial charge < -0.3 is 20.5 Å². The molecule has 3 atom stereocenters. The molecule has 0 saturated carbocycles. The Balaban J connectivity index is 1.75. The second-order valence-electron chi connectivity index (χ2n) is 7.38. The summed E-state index contributed by atoms with van der Waals surface area (Å²) in [5.74, 6) is 0.0609. The standard InChI is InChI=1S/C19H21F4N7O2/c1-32-14-4-16-26-7-13(30(16)29-17(14)19(31,9-20)18(22)23)12-6-25-8-15(28-12)27-11-5-24-3-2-10(11)21/h4,6-8,10-11,18,24,31H,2-3,5,9H2,1H3,(H,27,28)/t10-,11-,19?/m0/s1. The van der Waals surface area contributed by atoms with Gasteiger partial charge in [0.1, 0.15) is 41.5 Å². The zero-order valence-electron chi connectivity index (χ0n) is 17.0. The van der Waals surface area contributed by atoms with Crippen molar-refractivity contribution in [2.24, 2.45) is 0 Å². The maximum atomic E-state index is 14.1. The van der Waals surface area contributed by atoms with E-state index in [1.165, 1.54) is 31.8 Å². The van der Waals surface area contributed by atoms with Crippen LogP contribution in [0.25, 0.3) is 17.0 Å². The van der Waals surface area contributed by atoms with E-state index in [2.05, 4.69) is 30.7 Å². The molecule has 3 aromatic heterocycles. The molecule has 172 valence electrons. The van der Waals surface area contributed by atoms with E-state index in [0.29, 0.717) is 25.3 Å². The van der Waals surface area contributed by atoms with Crippen molar-refractivity contribution in [2.45, 2.75) is 30.7 Å². The van der Waals surface area contributed by atoms with Crippen LogP contribution in [0.5, 0.6) is 5.75 Å². The highest BCUT2D eigenvalue weighted by Gasteiger charge is 2.44. The Bertz CT molecular complexity index is 1100. The van der Waals surface area contributed by atoms with Crippen LogP contribution in [0, 0.1) is 0 Å². The average molecular weight is 455 g/mol. The van der Waals surface area contributed by atoms with E-state index in [1.807, 2.05) is 0 Å². The fourth-order valence-corrected chi connectivity index (χ4v) is 3.47. The molecule has 1 unspecified atom stereocenters. The molecule has 32 heavy (non-hydrogen) atoms. The minimum Gasteiger partial charge on any atom is -0.495 e. The van der Waals surface area contributed by atoms with Crippen molar-refractivity contribution in [1.82, 2.24) is 29.9 Å². The number of methoxy groups -OCH3 is 1. The summed E-state index contributed by atoms with van der Waals surface area (Å²) in [6.07, 6.45) is 0.0464. The van der Waals surface area contributed by atoms with E-state index in [1.54, 1.807) is 0 Å². The number of anilines is 1. The maximum absolute atomic E-state index is 14.1. The summed E-state index contributed by atoms with van der Waals surface area (Å²) in [6, 6.07) is 0.765. The summed E-state index contributed by atoms with van der Waals surface area (Å²) in [7, 11) is 1.18. The molecular weight excluding hydrogens is 434 g/mol. The maximum Gasteiger partial charge on any atom is 0.275 e. The van der Waals surface area contributed by atoms with Crippen LogP contribution in [-0.4, -0.2) is 75.2 Å². The van der Waals surface area contributed by atoms with Gasteiger partial charge in [0.25, 0.3) is 6.43 Å². The van der Waals surface area contributed by atoms with Crippen molar-refractivity contribution < 1.29 is 27.4 Å². The third kappa shape index (κ3) is 3.93. The summed E-state index contributed by atoms with van der Waals surface area (Å²) in [5, 5.41) is 20.3. The number of imidazole rings is 1. The molecule has 0 aliphatic carbocycles. The topological polar surface area (TPSA) is 109 Å². The van der Waals surface area contributed by atoms with Gasteiger partial charge in [-0.05, 0) is 13.0 Å². The number of alkyl halides is 4. The summed E-state index contributed by atoms with van der Waals surface area (Å²) in [5.41, 5.74) is -3.16. The van der Waals surface area contributed by atoms with Crippen LogP contribution in [0.3, 0.4) is 0 Å². The summed E-state index contributed by atoms with van der Waals surface area (Å²) < 4.78 is 60.7. The number of aliphatic hydroxyl groups is 1. The lowest BCUT2D eigenvalue weighted by Crippen LogP contribution is -2.46. The van der Waals surface area contributed by atoms with E-state index in [9.17, 15) is 22.7 Å². The zero-order chi connectivity index (χ0) is 22.9. The van der Waals surface area contributed by atoms with Crippen LogP contribution in [0.2, 0.25) is 0 Å². The second-order valence-corrected chi connectivity index (χ2v) is 7.38. The molecule has 0 bridgehead atoms. The van der Waals surface area contributed by atoms with Crippen molar-refractivity contribution in [1.29, 1.82) is 0 Å². The normalized spacial score (nSPS) is 21.0. The summed E-state index contributed by atoms with van der Waals surface area (Å²) >= 11 is 0. The van der Waals surface area contributed by atoms with E-state index < -0.39 is 36.6 Å². The van der Waals surface area contributed by atoms with Gasteiger partial charge in [0.05, 0.1) is 31.7 Å². The van der Waals surface area contributed by atoms with Crippen molar-refractivity contribution in [3.63, 3.8) is 0 Å². The third-order valence-electron chi connectivity index (χ3n) is 5.28. The van der Waals surface area contributed by atoms with E-state index >= 15 is 0 Å². The van der Waals surface area contributed by atoms with Crippen LogP contribution in [-0.2, 0) is 5.60 Å². The highest BCUT2D eigenvalue weighted by atomic mass is 19.3. The van der Waals surface area contributed by atoms with Gasteiger partial charge in [-0.1, -0.05) is 0 Å². The van der Waals surface area contributed by atoms with E-state index in [-0.39, 0.29) is 22.8 Å². The lowest BCUT2D eigenvalue weighted by atomic mass is 10.0. The number of rotatable bonds is 7. The molecule has 1 aliphatic rings. The molecule has 0 amide bonds. The van der Waals surface area contributed by atoms with Gasteiger partial charge in [-0.25, -0.2) is 32.0 Å². The van der Waals surface area contributed by atoms with E-state index in [4.69, 9.17) is 4.74 Å². The molecule has 9 nitrogen and oxygen atoms in total. The predicted molar refractivity (Wildman–Crippen MR) is 106 cm³/mol. The van der Waals surface area contributed by atoms with Gasteiger partial charge in [-0.15, -0.1) is 0 Å². The highest BCUT2D eigenvalue weighted by molar-refractivity contribution is 5.61. The number of piperidine rings is 1. The molecule has 1 aliphatic heterocycles. The van der Waals surface area contributed by atoms with Gasteiger partial charge in [0.2, 0.25) is 5.60 Å². The molecule has 4 heterocycles. The first-order chi connectivity index (χ1) is 15.4. The minimum atomic E-state index is -3.46. The number of fused-ring (bicyclic) bond motifs is 1. The fourth-order valence-electron chi connectivity index (χ4n) is 3.47. The van der Waals surface area contributed by atoms with Crippen molar-refractivity contribution >= 4 is 11.5 Å². The van der Waals surface area contributed by atoms with Crippen LogP contribution in [0.4, 0.5) is 23.4 Å². The number of nitrogens with zero attached hydrogens (tertiary/aromatic N) is 5. The second kappa shape index (κ2) is 8.82. The first kappa shape index (κ1) is 22.1. The molecule has 4 rings (SSSR count). The monoisotopic (exact) mass is 455 g/mol. The first-order valence-electron chi connectivity index (χ1n) is 9.81. The molecule has 1 fully saturated rings. The highest BCUT2D eigenvalue weighted by Crippen LogP contribution is 2.35. The number of hydrogen-bond donors (Lipinski definition) is 3. The number of aromatic nitrogens is 5. The molecule has 0 spiro atoms. The van der Waals surface area contributed by atoms with Gasteiger partial charge in [-0.2, -0.15) is 5.10 Å². The SMILES string of the molecule is COc1cc2ncc(-c3cncc(N[C@H]4CNCC[C@@H]4F)n3)n2nc1C(O)(CF)C(F)F. The van der Waals surface area contributed by atoms with Crippen molar-refractivity contribution in [3.8, 4) is 17.1 Å². The average Bonchev–Trinajstić information content (AvgIpc) is 3.22.